The van der Waals surface area contributed by atoms with Crippen LogP contribution in [-0.4, -0.2) is 50.5 Å². The minimum Gasteiger partial charge on any atom is -0.491 e. The van der Waals surface area contributed by atoms with Crippen molar-refractivity contribution in [3.05, 3.63) is 29.8 Å². The third-order valence-electron chi connectivity index (χ3n) is 3.08. The molecule has 1 aromatic rings. The molecule has 0 spiro atoms. The molecule has 2 rings (SSSR count). The predicted molar refractivity (Wildman–Crippen MR) is 75.1 cm³/mol. The number of hydroxylamine groups is 1. The van der Waals surface area contributed by atoms with Gasteiger partial charge in [0.05, 0.1) is 6.61 Å². The molecule has 0 fully saturated rings. The van der Waals surface area contributed by atoms with E-state index in [0.29, 0.717) is 19.6 Å². The molecular weight excluding hydrogens is 257 g/mol. The first-order chi connectivity index (χ1) is 9.70. The summed E-state index contributed by atoms with van der Waals surface area (Å²) in [7, 11) is 3.20. The van der Waals surface area contributed by atoms with Crippen LogP contribution in [0.4, 0.5) is 0 Å². The zero-order valence-corrected chi connectivity index (χ0v) is 11.7. The smallest absolute Gasteiger partial charge is 0.491 e. The molecule has 0 bridgehead atoms. The fourth-order valence-corrected chi connectivity index (χ4v) is 1.91. The molecule has 0 saturated heterocycles. The Morgan fingerprint density at radius 1 is 1.35 bits per heavy atom. The number of Topliss-reactive ketones (excluding diaryl/α,β-unsaturated/α-hetero) is 1. The average Bonchev–Trinajstić information content (AvgIpc) is 2.38. The fraction of sp³-hybridized carbons (Fsp3) is 0.429. The lowest BCUT2D eigenvalue weighted by Crippen LogP contribution is -2.43. The molecule has 1 heterocycles. The van der Waals surface area contributed by atoms with Gasteiger partial charge in [-0.1, -0.05) is 12.1 Å². The molecule has 20 heavy (non-hydrogen) atoms. The summed E-state index contributed by atoms with van der Waals surface area (Å²) in [6.45, 7) is 2.66. The Hall–Kier alpha value is -1.82. The standard InChI is InChI=1S/C14H18BNO4/c1-11(17)14(16-10-15-20-16)9-12-3-5-13(6-4-12)19-8-7-18-2/h3-6,10,14H,7-9H2,1-2H3/q+1. The molecular formula is C14H18BNO4+. The first-order valence-corrected chi connectivity index (χ1v) is 6.53. The zero-order chi connectivity index (χ0) is 14.4. The Labute approximate surface area is 119 Å². The monoisotopic (exact) mass is 275 g/mol. The van der Waals surface area contributed by atoms with E-state index in [2.05, 4.69) is 0 Å². The van der Waals surface area contributed by atoms with E-state index in [4.69, 9.17) is 14.2 Å². The van der Waals surface area contributed by atoms with E-state index in [-0.39, 0.29) is 11.8 Å². The molecule has 1 aliphatic rings. The highest BCUT2D eigenvalue weighted by Crippen LogP contribution is 2.15. The molecule has 0 saturated carbocycles. The summed E-state index contributed by atoms with van der Waals surface area (Å²) >= 11 is 0. The Bertz CT molecular complexity index is 486. The van der Waals surface area contributed by atoms with E-state index in [1.165, 1.54) is 0 Å². The second-order valence-electron chi connectivity index (χ2n) is 4.57. The number of carbonyl (C=O) groups is 1. The number of nitrogens with zero attached hydrogens (tertiary/aromatic N) is 1. The molecule has 0 amide bonds. The second-order valence-corrected chi connectivity index (χ2v) is 4.57. The summed E-state index contributed by atoms with van der Waals surface area (Å²) in [5.41, 5.74) is 1.06. The van der Waals surface area contributed by atoms with Crippen LogP contribution in [0.25, 0.3) is 0 Å². The summed E-state index contributed by atoms with van der Waals surface area (Å²) in [4.78, 5) is 11.6. The first-order valence-electron chi connectivity index (χ1n) is 6.53. The summed E-state index contributed by atoms with van der Waals surface area (Å²) in [6.07, 6.45) is 2.37. The van der Waals surface area contributed by atoms with Crippen molar-refractivity contribution in [1.82, 2.24) is 0 Å². The Kier molecular flexibility index (Phi) is 5.18. The van der Waals surface area contributed by atoms with Gasteiger partial charge in [0.1, 0.15) is 12.4 Å². The van der Waals surface area contributed by atoms with Crippen LogP contribution in [-0.2, 0) is 20.7 Å². The minimum atomic E-state index is -0.278. The van der Waals surface area contributed by atoms with Crippen LogP contribution in [0.1, 0.15) is 12.5 Å². The number of hydrogen-bond acceptors (Lipinski definition) is 4. The molecule has 5 nitrogen and oxygen atoms in total. The van der Waals surface area contributed by atoms with Crippen molar-refractivity contribution in [3.63, 3.8) is 0 Å². The van der Waals surface area contributed by atoms with Crippen LogP contribution in [0.5, 0.6) is 5.75 Å². The molecule has 1 radical (unpaired) electrons. The van der Waals surface area contributed by atoms with Gasteiger partial charge in [-0.2, -0.15) is 0 Å². The van der Waals surface area contributed by atoms with Gasteiger partial charge in [-0.3, -0.25) is 4.79 Å². The van der Waals surface area contributed by atoms with Gasteiger partial charge in [0, 0.05) is 20.5 Å². The first kappa shape index (κ1) is 14.6. The SMILES string of the molecule is COCCOc1ccc(CC(C(C)=O)[N+]2=C[B]O2)cc1. The van der Waals surface area contributed by atoms with E-state index >= 15 is 0 Å². The van der Waals surface area contributed by atoms with Gasteiger partial charge in [0.15, 0.2) is 0 Å². The van der Waals surface area contributed by atoms with E-state index in [1.54, 1.807) is 32.4 Å². The number of methoxy groups -OCH3 is 1. The predicted octanol–water partition coefficient (Wildman–Crippen LogP) is 0.817. The van der Waals surface area contributed by atoms with Crippen molar-refractivity contribution in [2.45, 2.75) is 19.4 Å². The topological polar surface area (TPSA) is 47.8 Å². The average molecular weight is 275 g/mol. The summed E-state index contributed by atoms with van der Waals surface area (Å²) in [5, 5.41) is 0. The third-order valence-corrected chi connectivity index (χ3v) is 3.08. The molecule has 1 unspecified atom stereocenters. The molecule has 6 heteroatoms. The number of carbonyl (C=O) groups excluding carboxylic acids is 1. The quantitative estimate of drug-likeness (QED) is 0.400. The van der Waals surface area contributed by atoms with Gasteiger partial charge < -0.3 is 14.2 Å². The highest BCUT2D eigenvalue weighted by Gasteiger charge is 2.34. The van der Waals surface area contributed by atoms with Crippen molar-refractivity contribution < 1.29 is 23.8 Å². The van der Waals surface area contributed by atoms with Crippen LogP contribution in [0.2, 0.25) is 0 Å². The van der Waals surface area contributed by atoms with Crippen LogP contribution >= 0.6 is 0 Å². The summed E-state index contributed by atoms with van der Waals surface area (Å²) in [5.74, 6) is 0.875. The second kappa shape index (κ2) is 7.10. The summed E-state index contributed by atoms with van der Waals surface area (Å²) < 4.78 is 17.1. The minimum absolute atomic E-state index is 0.0785. The Morgan fingerprint density at radius 2 is 2.05 bits per heavy atom. The molecule has 0 N–H and O–H groups in total. The molecule has 0 aromatic heterocycles. The number of ether oxygens (including phenoxy) is 2. The highest BCUT2D eigenvalue weighted by atomic mass is 16.6. The lowest BCUT2D eigenvalue weighted by molar-refractivity contribution is -0.775. The number of benzene rings is 1. The Balaban J connectivity index is 1.93. The third kappa shape index (κ3) is 3.84. The maximum atomic E-state index is 11.6. The van der Waals surface area contributed by atoms with Gasteiger partial charge in [-0.05, 0) is 22.4 Å². The van der Waals surface area contributed by atoms with Crippen molar-refractivity contribution in [2.75, 3.05) is 20.3 Å². The molecule has 0 aliphatic carbocycles. The highest BCUT2D eigenvalue weighted by molar-refractivity contribution is 6.62. The number of hydrogen-bond donors (Lipinski definition) is 0. The van der Waals surface area contributed by atoms with Crippen LogP contribution in [0, 0.1) is 0 Å². The van der Waals surface area contributed by atoms with Gasteiger partial charge in [-0.15, -0.1) is 0 Å². The number of rotatable bonds is 8. The van der Waals surface area contributed by atoms with Crippen molar-refractivity contribution in [1.29, 1.82) is 0 Å². The van der Waals surface area contributed by atoms with Crippen molar-refractivity contribution in [2.24, 2.45) is 0 Å². The normalized spacial score (nSPS) is 14.4. The van der Waals surface area contributed by atoms with Gasteiger partial charge in [-0.25, -0.2) is 0 Å². The summed E-state index contributed by atoms with van der Waals surface area (Å²) in [6, 6.07) is 7.44. The molecule has 1 atom stereocenters. The molecule has 1 aliphatic heterocycles. The fourth-order valence-electron chi connectivity index (χ4n) is 1.91. The molecule has 1 aromatic carbocycles. The van der Waals surface area contributed by atoms with Gasteiger partial charge in [0.2, 0.25) is 11.9 Å². The number of ketones is 1. The van der Waals surface area contributed by atoms with Crippen molar-refractivity contribution >= 4 is 19.4 Å². The van der Waals surface area contributed by atoms with Crippen LogP contribution in [0.15, 0.2) is 24.3 Å². The lowest BCUT2D eigenvalue weighted by atomic mass is 9.98. The largest absolute Gasteiger partial charge is 0.585 e. The van der Waals surface area contributed by atoms with Gasteiger partial charge >= 0.3 is 7.48 Å². The zero-order valence-electron chi connectivity index (χ0n) is 11.7. The van der Waals surface area contributed by atoms with Crippen molar-refractivity contribution in [3.8, 4) is 5.75 Å². The van der Waals surface area contributed by atoms with Gasteiger partial charge in [0.25, 0.3) is 6.04 Å². The van der Waals surface area contributed by atoms with E-state index in [9.17, 15) is 4.79 Å². The van der Waals surface area contributed by atoms with E-state index < -0.39 is 0 Å². The lowest BCUT2D eigenvalue weighted by Gasteiger charge is -2.15. The van der Waals surface area contributed by atoms with E-state index in [1.807, 2.05) is 24.3 Å². The molecule has 105 valence electrons. The van der Waals surface area contributed by atoms with E-state index in [0.717, 1.165) is 11.3 Å². The van der Waals surface area contributed by atoms with Crippen LogP contribution in [0.3, 0.4) is 0 Å². The maximum Gasteiger partial charge on any atom is 0.585 e. The van der Waals surface area contributed by atoms with Crippen LogP contribution < -0.4 is 4.74 Å². The Morgan fingerprint density at radius 3 is 2.55 bits per heavy atom. The maximum absolute atomic E-state index is 11.6.